The summed E-state index contributed by atoms with van der Waals surface area (Å²) in [6.45, 7) is -0.158. The number of nitrogens with one attached hydrogen (secondary N) is 1. The van der Waals surface area contributed by atoms with Gasteiger partial charge in [-0.1, -0.05) is 0 Å². The van der Waals surface area contributed by atoms with Gasteiger partial charge in [0.25, 0.3) is 0 Å². The second-order valence-electron chi connectivity index (χ2n) is 2.92. The minimum atomic E-state index is -4.92. The van der Waals surface area contributed by atoms with Crippen LogP contribution >= 0.6 is 0 Å². The molecule has 90 valence electrons. The maximum atomic E-state index is 11.9. The molecule has 0 unspecified atom stereocenters. The molecule has 0 heterocycles. The topological polar surface area (TPSA) is 62.1 Å². The highest BCUT2D eigenvalue weighted by atomic mass is 19.4. The van der Waals surface area contributed by atoms with E-state index in [2.05, 4.69) is 0 Å². The van der Waals surface area contributed by atoms with Crippen molar-refractivity contribution >= 4 is 11.6 Å². The van der Waals surface area contributed by atoms with Crippen LogP contribution in [0.25, 0.3) is 0 Å². The van der Waals surface area contributed by atoms with Crippen molar-refractivity contribution in [2.75, 3.05) is 11.9 Å². The molecular weight excluding hydrogens is 237 g/mol. The van der Waals surface area contributed by atoms with Gasteiger partial charge in [-0.3, -0.25) is 4.79 Å². The van der Waals surface area contributed by atoms with Crippen LogP contribution in [-0.2, 0) is 4.79 Å². The van der Waals surface area contributed by atoms with Crippen molar-refractivity contribution in [2.24, 2.45) is 0 Å². The Morgan fingerprint density at radius 1 is 1.35 bits per heavy atom. The van der Waals surface area contributed by atoms with Crippen LogP contribution in [-0.4, -0.2) is 18.7 Å². The van der Waals surface area contributed by atoms with Crippen molar-refractivity contribution < 1.29 is 22.7 Å². The summed E-state index contributed by atoms with van der Waals surface area (Å²) in [6, 6.07) is 6.94. The van der Waals surface area contributed by atoms with Crippen molar-refractivity contribution in [1.29, 1.82) is 5.26 Å². The molecule has 0 fully saturated rings. The average Bonchev–Trinajstić information content (AvgIpc) is 2.27. The SMILES string of the molecule is N#CCOc1ccc(NC(=O)C(F)(F)F)cc1. The van der Waals surface area contributed by atoms with Crippen LogP contribution in [0.4, 0.5) is 18.9 Å². The van der Waals surface area contributed by atoms with Gasteiger partial charge < -0.3 is 10.1 Å². The number of alkyl halides is 3. The molecule has 0 aromatic heterocycles. The molecule has 1 rings (SSSR count). The Bertz CT molecular complexity index is 434. The third-order valence-corrected chi connectivity index (χ3v) is 1.67. The molecule has 7 heteroatoms. The van der Waals surface area contributed by atoms with E-state index in [1.54, 1.807) is 11.4 Å². The van der Waals surface area contributed by atoms with E-state index in [0.29, 0.717) is 5.75 Å². The highest BCUT2D eigenvalue weighted by Crippen LogP contribution is 2.20. The van der Waals surface area contributed by atoms with E-state index >= 15 is 0 Å². The largest absolute Gasteiger partial charge is 0.479 e. The number of nitriles is 1. The van der Waals surface area contributed by atoms with E-state index in [0.717, 1.165) is 0 Å². The monoisotopic (exact) mass is 244 g/mol. The van der Waals surface area contributed by atoms with Crippen LogP contribution < -0.4 is 10.1 Å². The maximum absolute atomic E-state index is 11.9. The van der Waals surface area contributed by atoms with E-state index in [9.17, 15) is 18.0 Å². The molecular formula is C10H7F3N2O2. The summed E-state index contributed by atoms with van der Waals surface area (Å²) in [6.07, 6.45) is -4.92. The molecule has 0 bridgehead atoms. The number of hydrogen-bond donors (Lipinski definition) is 1. The molecule has 0 saturated heterocycles. The number of hydrogen-bond acceptors (Lipinski definition) is 3. The van der Waals surface area contributed by atoms with Gasteiger partial charge in [0.1, 0.15) is 11.8 Å². The molecule has 1 aromatic carbocycles. The van der Waals surface area contributed by atoms with Gasteiger partial charge in [-0.2, -0.15) is 18.4 Å². The van der Waals surface area contributed by atoms with E-state index < -0.39 is 12.1 Å². The summed E-state index contributed by atoms with van der Waals surface area (Å²) in [5.74, 6) is -1.71. The smallest absolute Gasteiger partial charge is 0.471 e. The Hall–Kier alpha value is -2.23. The number of carbonyl (C=O) groups is 1. The van der Waals surface area contributed by atoms with E-state index in [1.165, 1.54) is 24.3 Å². The first-order valence-electron chi connectivity index (χ1n) is 4.41. The molecule has 0 aliphatic carbocycles. The molecule has 1 aromatic rings. The summed E-state index contributed by atoms with van der Waals surface area (Å²) < 4.78 is 40.6. The highest BCUT2D eigenvalue weighted by molar-refractivity contribution is 5.94. The van der Waals surface area contributed by atoms with Crippen LogP contribution in [0.3, 0.4) is 0 Å². The third-order valence-electron chi connectivity index (χ3n) is 1.67. The zero-order chi connectivity index (χ0) is 12.9. The fourth-order valence-electron chi connectivity index (χ4n) is 0.952. The van der Waals surface area contributed by atoms with Gasteiger partial charge in [0, 0.05) is 5.69 Å². The van der Waals surface area contributed by atoms with E-state index in [4.69, 9.17) is 10.00 Å². The average molecular weight is 244 g/mol. The zero-order valence-electron chi connectivity index (χ0n) is 8.41. The second kappa shape index (κ2) is 5.21. The van der Waals surface area contributed by atoms with Crippen LogP contribution in [0.1, 0.15) is 0 Å². The van der Waals surface area contributed by atoms with Crippen LogP contribution in [0, 0.1) is 11.3 Å². The Kier molecular flexibility index (Phi) is 3.93. The standard InChI is InChI=1S/C10H7F3N2O2/c11-10(12,13)9(16)15-7-1-3-8(4-2-7)17-6-5-14/h1-4H,6H2,(H,15,16). The number of halogens is 3. The lowest BCUT2D eigenvalue weighted by Crippen LogP contribution is -2.29. The summed E-state index contributed by atoms with van der Waals surface area (Å²) in [5, 5.41) is 9.91. The molecule has 1 amide bonds. The van der Waals surface area contributed by atoms with Gasteiger partial charge in [-0.25, -0.2) is 0 Å². The van der Waals surface area contributed by atoms with Crippen LogP contribution in [0.15, 0.2) is 24.3 Å². The van der Waals surface area contributed by atoms with Crippen molar-refractivity contribution in [2.45, 2.75) is 6.18 Å². The predicted molar refractivity (Wildman–Crippen MR) is 52.2 cm³/mol. The minimum absolute atomic E-state index is 0.00312. The van der Waals surface area contributed by atoms with Crippen molar-refractivity contribution in [3.8, 4) is 11.8 Å². The third kappa shape index (κ3) is 4.03. The fraction of sp³-hybridized carbons (Fsp3) is 0.200. The van der Waals surface area contributed by atoms with Gasteiger partial charge >= 0.3 is 12.1 Å². The normalized spacial score (nSPS) is 10.5. The van der Waals surface area contributed by atoms with E-state index in [1.807, 2.05) is 0 Å². The van der Waals surface area contributed by atoms with Crippen molar-refractivity contribution in [1.82, 2.24) is 0 Å². The number of amides is 1. The van der Waals surface area contributed by atoms with Gasteiger partial charge in [0.05, 0.1) is 0 Å². The Labute approximate surface area is 94.6 Å². The van der Waals surface area contributed by atoms with Gasteiger partial charge in [0.15, 0.2) is 6.61 Å². The molecule has 0 aliphatic rings. The molecule has 4 nitrogen and oxygen atoms in total. The lowest BCUT2D eigenvalue weighted by atomic mass is 10.3. The molecule has 17 heavy (non-hydrogen) atoms. The molecule has 0 saturated carbocycles. The molecule has 1 N–H and O–H groups in total. The predicted octanol–water partition coefficient (Wildman–Crippen LogP) is 2.09. The van der Waals surface area contributed by atoms with Crippen molar-refractivity contribution in [3.63, 3.8) is 0 Å². The molecule has 0 radical (unpaired) electrons. The van der Waals surface area contributed by atoms with Gasteiger partial charge in [-0.15, -0.1) is 0 Å². The Balaban J connectivity index is 2.63. The molecule has 0 spiro atoms. The van der Waals surface area contributed by atoms with Crippen LogP contribution in [0.2, 0.25) is 0 Å². The second-order valence-corrected chi connectivity index (χ2v) is 2.92. The summed E-state index contributed by atoms with van der Waals surface area (Å²) in [7, 11) is 0. The van der Waals surface area contributed by atoms with E-state index in [-0.39, 0.29) is 12.3 Å². The lowest BCUT2D eigenvalue weighted by molar-refractivity contribution is -0.167. The number of carbonyl (C=O) groups excluding carboxylic acids is 1. The Morgan fingerprint density at radius 2 is 1.94 bits per heavy atom. The number of rotatable bonds is 3. The lowest BCUT2D eigenvalue weighted by Gasteiger charge is -2.08. The van der Waals surface area contributed by atoms with Crippen molar-refractivity contribution in [3.05, 3.63) is 24.3 Å². The first kappa shape index (κ1) is 12.8. The minimum Gasteiger partial charge on any atom is -0.479 e. The van der Waals surface area contributed by atoms with Gasteiger partial charge in [0.2, 0.25) is 0 Å². The van der Waals surface area contributed by atoms with Crippen LogP contribution in [0.5, 0.6) is 5.75 Å². The molecule has 0 aliphatic heterocycles. The number of anilines is 1. The Morgan fingerprint density at radius 3 is 2.41 bits per heavy atom. The summed E-state index contributed by atoms with van der Waals surface area (Å²) in [5.41, 5.74) is -0.00312. The maximum Gasteiger partial charge on any atom is 0.471 e. The summed E-state index contributed by atoms with van der Waals surface area (Å²) >= 11 is 0. The van der Waals surface area contributed by atoms with Gasteiger partial charge in [-0.05, 0) is 24.3 Å². The zero-order valence-corrected chi connectivity index (χ0v) is 8.41. The first-order chi connectivity index (χ1) is 7.93. The first-order valence-corrected chi connectivity index (χ1v) is 4.41. The number of nitrogens with zero attached hydrogens (tertiary/aromatic N) is 1. The summed E-state index contributed by atoms with van der Waals surface area (Å²) in [4.78, 5) is 10.6. The highest BCUT2D eigenvalue weighted by Gasteiger charge is 2.38. The number of benzene rings is 1. The number of ether oxygens (including phenoxy) is 1. The molecule has 0 atom stereocenters. The quantitative estimate of drug-likeness (QED) is 0.885. The fourth-order valence-corrected chi connectivity index (χ4v) is 0.952.